The van der Waals surface area contributed by atoms with Crippen LogP contribution in [0.2, 0.25) is 0 Å². The number of hydrogen-bond donors (Lipinski definition) is 1. The van der Waals surface area contributed by atoms with Crippen molar-refractivity contribution in [3.8, 4) is 0 Å². The van der Waals surface area contributed by atoms with E-state index in [1.165, 1.54) is 19.3 Å². The van der Waals surface area contributed by atoms with Crippen LogP contribution in [0, 0.1) is 17.8 Å². The van der Waals surface area contributed by atoms with Crippen LogP contribution < -0.4 is 5.73 Å². The zero-order valence-corrected chi connectivity index (χ0v) is 9.08. The number of nitrogens with two attached hydrogens (primary N) is 1. The quantitative estimate of drug-likeness (QED) is 0.700. The Morgan fingerprint density at radius 3 is 2.00 bits per heavy atom. The van der Waals surface area contributed by atoms with Crippen molar-refractivity contribution >= 4 is 5.97 Å². The maximum absolute atomic E-state index is 11.3. The predicted molar refractivity (Wildman–Crippen MR) is 56.0 cm³/mol. The molecule has 0 heterocycles. The Labute approximate surface area is 90.4 Å². The molecule has 3 heteroatoms. The third-order valence-corrected chi connectivity index (χ3v) is 4.48. The molecule has 2 N–H and O–H groups in total. The lowest BCUT2D eigenvalue weighted by Crippen LogP contribution is -2.53. The van der Waals surface area contributed by atoms with Crippen LogP contribution in [-0.2, 0) is 9.53 Å². The maximum atomic E-state index is 11.3. The van der Waals surface area contributed by atoms with Gasteiger partial charge in [0.25, 0.3) is 0 Å². The molecular formula is C12H19NO2. The van der Waals surface area contributed by atoms with E-state index in [0.29, 0.717) is 0 Å². The summed E-state index contributed by atoms with van der Waals surface area (Å²) in [5.41, 5.74) is 5.22. The molecule has 0 aromatic heterocycles. The fourth-order valence-electron chi connectivity index (χ4n) is 4.44. The molecule has 4 aliphatic carbocycles. The van der Waals surface area contributed by atoms with Crippen LogP contribution in [-0.4, -0.2) is 18.1 Å². The number of esters is 1. The van der Waals surface area contributed by atoms with Gasteiger partial charge in [0.1, 0.15) is 5.60 Å². The standard InChI is InChI=1S/C12H19NO2/c13-7-11(14)15-12-4-8-1-9(5-12)3-10(2-8)6-12/h8-10H,1-7,13H2. The molecule has 4 saturated carbocycles. The Kier molecular flexibility index (Phi) is 2.06. The first-order valence-electron chi connectivity index (χ1n) is 6.11. The van der Waals surface area contributed by atoms with Crippen LogP contribution >= 0.6 is 0 Å². The largest absolute Gasteiger partial charge is 0.458 e. The smallest absolute Gasteiger partial charge is 0.320 e. The van der Waals surface area contributed by atoms with Gasteiger partial charge >= 0.3 is 5.97 Å². The van der Waals surface area contributed by atoms with Gasteiger partial charge in [0.2, 0.25) is 0 Å². The lowest BCUT2D eigenvalue weighted by atomic mass is 9.54. The van der Waals surface area contributed by atoms with Crippen molar-refractivity contribution in [2.75, 3.05) is 6.54 Å². The normalized spacial score (nSPS) is 46.9. The van der Waals surface area contributed by atoms with E-state index in [1.54, 1.807) is 0 Å². The molecule has 0 radical (unpaired) electrons. The van der Waals surface area contributed by atoms with E-state index in [9.17, 15) is 4.79 Å². The SMILES string of the molecule is NCC(=O)OC12CC3CC(CC(C3)C1)C2. The molecule has 4 bridgehead atoms. The van der Waals surface area contributed by atoms with Gasteiger partial charge in [-0.25, -0.2) is 0 Å². The van der Waals surface area contributed by atoms with E-state index in [0.717, 1.165) is 37.0 Å². The van der Waals surface area contributed by atoms with Crippen LogP contribution in [0.25, 0.3) is 0 Å². The first kappa shape index (κ1) is 9.64. The predicted octanol–water partition coefficient (Wildman–Crippen LogP) is 1.46. The second kappa shape index (κ2) is 3.21. The van der Waals surface area contributed by atoms with Crippen LogP contribution in [0.3, 0.4) is 0 Å². The Morgan fingerprint density at radius 2 is 1.60 bits per heavy atom. The summed E-state index contributed by atoms with van der Waals surface area (Å²) in [5.74, 6) is 2.25. The van der Waals surface area contributed by atoms with Crippen LogP contribution in [0.1, 0.15) is 38.5 Å². The number of carbonyl (C=O) groups excluding carboxylic acids is 1. The van der Waals surface area contributed by atoms with E-state index >= 15 is 0 Å². The molecule has 0 spiro atoms. The molecule has 0 atom stereocenters. The van der Waals surface area contributed by atoms with Crippen LogP contribution in [0.5, 0.6) is 0 Å². The summed E-state index contributed by atoms with van der Waals surface area (Å²) in [6.45, 7) is 0.0295. The number of ether oxygens (including phenoxy) is 1. The summed E-state index contributed by atoms with van der Waals surface area (Å²) in [6.07, 6.45) is 7.43. The lowest BCUT2D eigenvalue weighted by molar-refractivity contribution is -0.184. The van der Waals surface area contributed by atoms with Gasteiger partial charge in [-0.1, -0.05) is 0 Å². The number of hydrogen-bond acceptors (Lipinski definition) is 3. The molecule has 15 heavy (non-hydrogen) atoms. The van der Waals surface area contributed by atoms with Crippen molar-refractivity contribution < 1.29 is 9.53 Å². The average Bonchev–Trinajstić information content (AvgIpc) is 2.14. The molecule has 0 saturated heterocycles. The summed E-state index contributed by atoms with van der Waals surface area (Å²) in [5, 5.41) is 0. The van der Waals surface area contributed by atoms with Gasteiger partial charge in [0.05, 0.1) is 6.54 Å². The van der Waals surface area contributed by atoms with E-state index in [-0.39, 0.29) is 18.1 Å². The highest BCUT2D eigenvalue weighted by atomic mass is 16.6. The first-order valence-corrected chi connectivity index (χ1v) is 6.11. The van der Waals surface area contributed by atoms with E-state index < -0.39 is 0 Å². The summed E-state index contributed by atoms with van der Waals surface area (Å²) in [6, 6.07) is 0. The Balaban J connectivity index is 1.78. The van der Waals surface area contributed by atoms with Gasteiger partial charge < -0.3 is 10.5 Å². The maximum Gasteiger partial charge on any atom is 0.320 e. The minimum Gasteiger partial charge on any atom is -0.458 e. The average molecular weight is 209 g/mol. The van der Waals surface area contributed by atoms with Crippen molar-refractivity contribution in [1.82, 2.24) is 0 Å². The number of rotatable bonds is 2. The molecule has 0 aromatic rings. The highest BCUT2D eigenvalue weighted by Gasteiger charge is 2.53. The minimum absolute atomic E-state index is 0.0295. The van der Waals surface area contributed by atoms with Crippen molar-refractivity contribution in [3.63, 3.8) is 0 Å². The molecule has 3 nitrogen and oxygen atoms in total. The minimum atomic E-state index is -0.211. The van der Waals surface area contributed by atoms with Gasteiger partial charge in [-0.15, -0.1) is 0 Å². The number of carbonyl (C=O) groups is 1. The van der Waals surface area contributed by atoms with Crippen molar-refractivity contribution in [2.45, 2.75) is 44.1 Å². The first-order chi connectivity index (χ1) is 7.19. The van der Waals surface area contributed by atoms with Gasteiger partial charge in [0, 0.05) is 0 Å². The molecule has 4 aliphatic rings. The van der Waals surface area contributed by atoms with Crippen LogP contribution in [0.15, 0.2) is 0 Å². The summed E-state index contributed by atoms with van der Waals surface area (Å²) in [7, 11) is 0. The van der Waals surface area contributed by atoms with Gasteiger partial charge in [0.15, 0.2) is 0 Å². The van der Waals surface area contributed by atoms with Crippen molar-refractivity contribution in [1.29, 1.82) is 0 Å². The highest BCUT2D eigenvalue weighted by Crippen LogP contribution is 2.57. The molecule has 0 aromatic carbocycles. The zero-order chi connectivity index (χ0) is 10.5. The third-order valence-electron chi connectivity index (χ3n) is 4.48. The van der Waals surface area contributed by atoms with E-state index in [1.807, 2.05) is 0 Å². The third kappa shape index (κ3) is 1.57. The monoisotopic (exact) mass is 209 g/mol. The van der Waals surface area contributed by atoms with E-state index in [2.05, 4.69) is 0 Å². The van der Waals surface area contributed by atoms with E-state index in [4.69, 9.17) is 10.5 Å². The summed E-state index contributed by atoms with van der Waals surface area (Å²) < 4.78 is 5.64. The Hall–Kier alpha value is -0.570. The second-order valence-corrected chi connectivity index (χ2v) is 5.78. The Bertz CT molecular complexity index is 252. The van der Waals surface area contributed by atoms with Crippen molar-refractivity contribution in [3.05, 3.63) is 0 Å². The molecular weight excluding hydrogens is 190 g/mol. The molecule has 0 aliphatic heterocycles. The lowest BCUT2D eigenvalue weighted by Gasteiger charge is -2.55. The van der Waals surface area contributed by atoms with Gasteiger partial charge in [-0.3, -0.25) is 4.79 Å². The molecule has 4 fully saturated rings. The molecule has 0 unspecified atom stereocenters. The van der Waals surface area contributed by atoms with Gasteiger partial charge in [-0.2, -0.15) is 0 Å². The molecule has 4 rings (SSSR count). The Morgan fingerprint density at radius 1 is 1.13 bits per heavy atom. The fourth-order valence-corrected chi connectivity index (χ4v) is 4.44. The molecule has 84 valence electrons. The topological polar surface area (TPSA) is 52.3 Å². The molecule has 0 amide bonds. The second-order valence-electron chi connectivity index (χ2n) is 5.78. The summed E-state index contributed by atoms with van der Waals surface area (Å²) in [4.78, 5) is 11.3. The van der Waals surface area contributed by atoms with Crippen molar-refractivity contribution in [2.24, 2.45) is 23.5 Å². The van der Waals surface area contributed by atoms with Gasteiger partial charge in [-0.05, 0) is 56.3 Å². The van der Waals surface area contributed by atoms with Crippen LogP contribution in [0.4, 0.5) is 0 Å². The summed E-state index contributed by atoms with van der Waals surface area (Å²) >= 11 is 0. The zero-order valence-electron chi connectivity index (χ0n) is 9.08. The fraction of sp³-hybridized carbons (Fsp3) is 0.917. The highest BCUT2D eigenvalue weighted by molar-refractivity contribution is 5.71.